The fraction of sp³-hybridized carbons (Fsp3) is 0.200. The molecule has 1 N–H and O–H groups in total. The minimum Gasteiger partial charge on any atom is -0.381 e. The van der Waals surface area contributed by atoms with Gasteiger partial charge in [-0.2, -0.15) is 0 Å². The smallest absolute Gasteiger partial charge is 0.129 e. The molecular formula is C15H14FIO. The normalized spacial score (nSPS) is 14.3. The Kier molecular flexibility index (Phi) is 3.73. The summed E-state index contributed by atoms with van der Waals surface area (Å²) in [6, 6.07) is 12.2. The maximum atomic E-state index is 13.9. The lowest BCUT2D eigenvalue weighted by Gasteiger charge is -2.25. The molecule has 0 saturated heterocycles. The molecule has 0 aliphatic carbocycles. The lowest BCUT2D eigenvalue weighted by atomic mass is 9.87. The first kappa shape index (κ1) is 13.5. The molecule has 18 heavy (non-hydrogen) atoms. The van der Waals surface area contributed by atoms with Crippen LogP contribution in [0.25, 0.3) is 0 Å². The monoisotopic (exact) mass is 356 g/mol. The minimum atomic E-state index is -1.32. The van der Waals surface area contributed by atoms with Gasteiger partial charge in [0.2, 0.25) is 0 Å². The lowest BCUT2D eigenvalue weighted by Crippen LogP contribution is -2.24. The molecule has 0 spiro atoms. The van der Waals surface area contributed by atoms with E-state index in [1.54, 1.807) is 19.1 Å². The quantitative estimate of drug-likeness (QED) is 0.807. The fourth-order valence-corrected chi connectivity index (χ4v) is 2.30. The summed E-state index contributed by atoms with van der Waals surface area (Å²) in [6.45, 7) is 3.50. The maximum absolute atomic E-state index is 13.9. The summed E-state index contributed by atoms with van der Waals surface area (Å²) in [5.74, 6) is -0.385. The van der Waals surface area contributed by atoms with Gasteiger partial charge < -0.3 is 5.11 Å². The molecule has 0 saturated carbocycles. The van der Waals surface area contributed by atoms with Crippen LogP contribution in [-0.4, -0.2) is 5.11 Å². The van der Waals surface area contributed by atoms with Crippen molar-refractivity contribution in [2.24, 2.45) is 0 Å². The third kappa shape index (κ3) is 2.57. The average molecular weight is 356 g/mol. The summed E-state index contributed by atoms with van der Waals surface area (Å²) in [6.07, 6.45) is 0. The highest BCUT2D eigenvalue weighted by Gasteiger charge is 2.28. The van der Waals surface area contributed by atoms with E-state index in [1.807, 2.05) is 31.2 Å². The molecule has 0 fully saturated rings. The first-order chi connectivity index (χ1) is 8.41. The molecule has 3 heteroatoms. The van der Waals surface area contributed by atoms with Gasteiger partial charge >= 0.3 is 0 Å². The van der Waals surface area contributed by atoms with E-state index < -0.39 is 5.60 Å². The number of halogens is 2. The number of aliphatic hydroxyl groups is 1. The van der Waals surface area contributed by atoms with Crippen molar-refractivity contribution < 1.29 is 9.50 Å². The van der Waals surface area contributed by atoms with Crippen molar-refractivity contribution in [3.05, 3.63) is 68.5 Å². The predicted octanol–water partition coefficient (Wildman–Crippen LogP) is 3.99. The van der Waals surface area contributed by atoms with Crippen molar-refractivity contribution in [2.45, 2.75) is 19.4 Å². The van der Waals surface area contributed by atoms with Gasteiger partial charge in [0.25, 0.3) is 0 Å². The van der Waals surface area contributed by atoms with E-state index in [-0.39, 0.29) is 5.82 Å². The van der Waals surface area contributed by atoms with Gasteiger partial charge in [-0.3, -0.25) is 0 Å². The molecule has 0 aliphatic rings. The second kappa shape index (κ2) is 4.97. The minimum absolute atomic E-state index is 0.309. The first-order valence-corrected chi connectivity index (χ1v) is 6.74. The standard InChI is InChI=1S/C15H14FIO/c1-10-3-8-14(16)13(9-10)15(2,18)11-4-6-12(17)7-5-11/h3-9,18H,1-2H3. The highest BCUT2D eigenvalue weighted by molar-refractivity contribution is 14.1. The molecule has 0 heterocycles. The SMILES string of the molecule is Cc1ccc(F)c(C(C)(O)c2ccc(I)cc2)c1. The van der Waals surface area contributed by atoms with Gasteiger partial charge in [-0.05, 0) is 66.3 Å². The van der Waals surface area contributed by atoms with Crippen LogP contribution in [0.1, 0.15) is 23.6 Å². The van der Waals surface area contributed by atoms with Gasteiger partial charge in [-0.1, -0.05) is 23.8 Å². The zero-order valence-corrected chi connectivity index (χ0v) is 12.4. The Morgan fingerprint density at radius 3 is 2.33 bits per heavy atom. The van der Waals surface area contributed by atoms with E-state index in [4.69, 9.17) is 0 Å². The number of benzene rings is 2. The molecule has 0 amide bonds. The second-order valence-electron chi connectivity index (χ2n) is 4.56. The molecule has 2 rings (SSSR count). The zero-order chi connectivity index (χ0) is 13.3. The number of hydrogen-bond donors (Lipinski definition) is 1. The third-order valence-electron chi connectivity index (χ3n) is 3.05. The number of aryl methyl sites for hydroxylation is 1. The van der Waals surface area contributed by atoms with Crippen LogP contribution >= 0.6 is 22.6 Å². The molecule has 0 aliphatic heterocycles. The molecular weight excluding hydrogens is 342 g/mol. The molecule has 0 aromatic heterocycles. The van der Waals surface area contributed by atoms with Crippen molar-refractivity contribution >= 4 is 22.6 Å². The summed E-state index contributed by atoms with van der Waals surface area (Å²) in [5.41, 5.74) is 0.605. The molecule has 2 aromatic rings. The Balaban J connectivity index is 2.53. The number of rotatable bonds is 2. The van der Waals surface area contributed by atoms with Crippen LogP contribution in [0.2, 0.25) is 0 Å². The largest absolute Gasteiger partial charge is 0.381 e. The third-order valence-corrected chi connectivity index (χ3v) is 3.77. The van der Waals surface area contributed by atoms with Crippen LogP contribution in [-0.2, 0) is 5.60 Å². The highest BCUT2D eigenvalue weighted by Crippen LogP contribution is 2.31. The summed E-state index contributed by atoms with van der Waals surface area (Å²) < 4.78 is 14.9. The van der Waals surface area contributed by atoms with Gasteiger partial charge in [-0.25, -0.2) is 4.39 Å². The van der Waals surface area contributed by atoms with Crippen LogP contribution in [0.3, 0.4) is 0 Å². The van der Waals surface area contributed by atoms with E-state index in [0.717, 1.165) is 9.13 Å². The maximum Gasteiger partial charge on any atom is 0.129 e. The summed E-state index contributed by atoms with van der Waals surface area (Å²) >= 11 is 2.20. The van der Waals surface area contributed by atoms with Crippen LogP contribution in [0.4, 0.5) is 4.39 Å². The molecule has 1 atom stereocenters. The molecule has 1 nitrogen and oxygen atoms in total. The van der Waals surface area contributed by atoms with E-state index in [0.29, 0.717) is 11.1 Å². The summed E-state index contributed by atoms with van der Waals surface area (Å²) in [5, 5.41) is 10.6. The Bertz CT molecular complexity index is 561. The van der Waals surface area contributed by atoms with Gasteiger partial charge in [0, 0.05) is 9.13 Å². The molecule has 94 valence electrons. The number of hydrogen-bond acceptors (Lipinski definition) is 1. The topological polar surface area (TPSA) is 20.2 Å². The Labute approximate surface area is 120 Å². The van der Waals surface area contributed by atoms with Crippen molar-refractivity contribution in [3.8, 4) is 0 Å². The summed E-state index contributed by atoms with van der Waals surface area (Å²) in [4.78, 5) is 0. The summed E-state index contributed by atoms with van der Waals surface area (Å²) in [7, 11) is 0. The van der Waals surface area contributed by atoms with Crippen LogP contribution in [0, 0.1) is 16.3 Å². The van der Waals surface area contributed by atoms with E-state index in [9.17, 15) is 9.50 Å². The molecule has 1 unspecified atom stereocenters. The Morgan fingerprint density at radius 2 is 1.72 bits per heavy atom. The van der Waals surface area contributed by atoms with Crippen LogP contribution < -0.4 is 0 Å². The lowest BCUT2D eigenvalue weighted by molar-refractivity contribution is 0.0979. The fourth-order valence-electron chi connectivity index (χ4n) is 1.94. The highest BCUT2D eigenvalue weighted by atomic mass is 127. The predicted molar refractivity (Wildman–Crippen MR) is 79.0 cm³/mol. The van der Waals surface area contributed by atoms with Gasteiger partial charge in [0.1, 0.15) is 11.4 Å². The van der Waals surface area contributed by atoms with Gasteiger partial charge in [0.15, 0.2) is 0 Å². The van der Waals surface area contributed by atoms with Crippen molar-refractivity contribution in [3.63, 3.8) is 0 Å². The van der Waals surface area contributed by atoms with Crippen molar-refractivity contribution in [2.75, 3.05) is 0 Å². The Morgan fingerprint density at radius 1 is 1.11 bits per heavy atom. The molecule has 0 radical (unpaired) electrons. The average Bonchev–Trinajstić information content (AvgIpc) is 2.32. The first-order valence-electron chi connectivity index (χ1n) is 5.66. The zero-order valence-electron chi connectivity index (χ0n) is 10.2. The van der Waals surface area contributed by atoms with Gasteiger partial charge in [-0.15, -0.1) is 0 Å². The van der Waals surface area contributed by atoms with Crippen molar-refractivity contribution in [1.82, 2.24) is 0 Å². The molecule has 0 bridgehead atoms. The molecule has 2 aromatic carbocycles. The second-order valence-corrected chi connectivity index (χ2v) is 5.81. The van der Waals surface area contributed by atoms with E-state index in [1.165, 1.54) is 6.07 Å². The van der Waals surface area contributed by atoms with Crippen LogP contribution in [0.5, 0.6) is 0 Å². The van der Waals surface area contributed by atoms with E-state index in [2.05, 4.69) is 22.6 Å². The van der Waals surface area contributed by atoms with E-state index >= 15 is 0 Å². The van der Waals surface area contributed by atoms with Crippen LogP contribution in [0.15, 0.2) is 42.5 Å². The van der Waals surface area contributed by atoms with Gasteiger partial charge in [0.05, 0.1) is 0 Å². The van der Waals surface area contributed by atoms with Crippen molar-refractivity contribution in [1.29, 1.82) is 0 Å². The Hall–Kier alpha value is -0.940.